The summed E-state index contributed by atoms with van der Waals surface area (Å²) < 4.78 is 8.89. The van der Waals surface area contributed by atoms with Crippen molar-refractivity contribution < 1.29 is 9.53 Å². The van der Waals surface area contributed by atoms with Crippen molar-refractivity contribution in [3.05, 3.63) is 51.4 Å². The number of hydrogen-bond donors (Lipinski definition) is 0. The predicted octanol–water partition coefficient (Wildman–Crippen LogP) is 1.46. The minimum Gasteiger partial charge on any atom is -0.376 e. The Morgan fingerprint density at radius 2 is 2.29 bits per heavy atom. The molecule has 1 saturated heterocycles. The molecule has 1 aliphatic rings. The lowest BCUT2D eigenvalue weighted by atomic mass is 10.2. The summed E-state index contributed by atoms with van der Waals surface area (Å²) in [6.45, 7) is 4.24. The number of aryl methyl sites for hydroxylation is 1. The number of carbonyl (C=O) groups is 1. The average Bonchev–Trinajstić information content (AvgIpc) is 3.17. The molecule has 4 heterocycles. The number of rotatable bonds is 2. The van der Waals surface area contributed by atoms with Crippen molar-refractivity contribution >= 4 is 22.6 Å². The van der Waals surface area contributed by atoms with Gasteiger partial charge in [0.2, 0.25) is 5.91 Å². The molecule has 4 rings (SSSR count). The molecule has 8 heteroatoms. The van der Waals surface area contributed by atoms with Crippen LogP contribution >= 0.6 is 0 Å². The fourth-order valence-electron chi connectivity index (χ4n) is 3.60. The maximum absolute atomic E-state index is 13.1. The average molecular weight is 377 g/mol. The van der Waals surface area contributed by atoms with Gasteiger partial charge >= 0.3 is 0 Å². The first kappa shape index (κ1) is 18.1. The van der Waals surface area contributed by atoms with E-state index in [1.54, 1.807) is 16.8 Å². The van der Waals surface area contributed by atoms with E-state index in [0.29, 0.717) is 29.8 Å². The number of fused-ring (bicyclic) bond motifs is 2. The number of nitriles is 1. The normalized spacial score (nSPS) is 17.3. The van der Waals surface area contributed by atoms with Gasteiger partial charge in [-0.15, -0.1) is 0 Å². The summed E-state index contributed by atoms with van der Waals surface area (Å²) in [6.07, 6.45) is 3.37. The third kappa shape index (κ3) is 3.00. The van der Waals surface area contributed by atoms with Crippen LogP contribution in [0.5, 0.6) is 0 Å². The van der Waals surface area contributed by atoms with E-state index in [0.717, 1.165) is 18.4 Å². The third-order valence-electron chi connectivity index (χ3n) is 4.90. The second kappa shape index (κ2) is 7.02. The number of carbonyl (C=O) groups excluding carboxylic acids is 1. The minimum absolute atomic E-state index is 0.0832. The van der Waals surface area contributed by atoms with E-state index in [4.69, 9.17) is 9.72 Å². The second-order valence-corrected chi connectivity index (χ2v) is 6.91. The van der Waals surface area contributed by atoms with Gasteiger partial charge in [-0.1, -0.05) is 6.07 Å². The number of amides is 1. The molecule has 142 valence electrons. The summed E-state index contributed by atoms with van der Waals surface area (Å²) in [5.41, 5.74) is 1.87. The Bertz CT molecular complexity index is 1270. The van der Waals surface area contributed by atoms with Gasteiger partial charge in [-0.2, -0.15) is 10.3 Å². The number of aromatic nitrogens is 3. The Hall–Kier alpha value is -3.31. The van der Waals surface area contributed by atoms with Crippen molar-refractivity contribution in [2.75, 3.05) is 6.61 Å². The largest absolute Gasteiger partial charge is 0.376 e. The van der Waals surface area contributed by atoms with E-state index in [2.05, 4.69) is 11.1 Å². The quantitative estimate of drug-likeness (QED) is 0.629. The molecule has 0 spiro atoms. The summed E-state index contributed by atoms with van der Waals surface area (Å²) in [5.74, 6) is -0.425. The first-order valence-corrected chi connectivity index (χ1v) is 9.12. The van der Waals surface area contributed by atoms with E-state index < -0.39 is 5.91 Å². The van der Waals surface area contributed by atoms with Crippen molar-refractivity contribution in [2.45, 2.75) is 39.3 Å². The zero-order valence-electron chi connectivity index (χ0n) is 15.7. The molecule has 0 N–H and O–H groups in total. The van der Waals surface area contributed by atoms with Gasteiger partial charge in [0.1, 0.15) is 17.4 Å². The number of ether oxygens (including phenoxy) is 1. The Morgan fingerprint density at radius 3 is 2.96 bits per heavy atom. The van der Waals surface area contributed by atoms with E-state index in [1.807, 2.05) is 13.0 Å². The molecule has 0 radical (unpaired) electrons. The van der Waals surface area contributed by atoms with Crippen LogP contribution in [0.25, 0.3) is 16.7 Å². The van der Waals surface area contributed by atoms with Gasteiger partial charge in [-0.25, -0.2) is 4.98 Å². The smallest absolute Gasteiger partial charge is 0.267 e. The maximum Gasteiger partial charge on any atom is 0.267 e. The zero-order valence-corrected chi connectivity index (χ0v) is 15.7. The van der Waals surface area contributed by atoms with Crippen LogP contribution in [0.4, 0.5) is 0 Å². The second-order valence-electron chi connectivity index (χ2n) is 6.91. The molecule has 1 atom stereocenters. The highest BCUT2D eigenvalue weighted by molar-refractivity contribution is 5.79. The molecule has 1 fully saturated rings. The van der Waals surface area contributed by atoms with Crippen molar-refractivity contribution in [1.82, 2.24) is 14.0 Å². The first-order valence-electron chi connectivity index (χ1n) is 9.12. The van der Waals surface area contributed by atoms with Crippen molar-refractivity contribution in [3.8, 4) is 6.07 Å². The van der Waals surface area contributed by atoms with Gasteiger partial charge < -0.3 is 9.30 Å². The lowest BCUT2D eigenvalue weighted by molar-refractivity contribution is -0.116. The molecule has 0 saturated carbocycles. The maximum atomic E-state index is 13.1. The Balaban J connectivity index is 2.16. The lowest BCUT2D eigenvalue weighted by Crippen LogP contribution is -2.32. The molecule has 3 aromatic heterocycles. The van der Waals surface area contributed by atoms with E-state index in [9.17, 15) is 14.9 Å². The molecule has 8 nitrogen and oxygen atoms in total. The number of hydrogen-bond acceptors (Lipinski definition) is 5. The van der Waals surface area contributed by atoms with Crippen LogP contribution in [-0.4, -0.2) is 32.6 Å². The Morgan fingerprint density at radius 1 is 1.46 bits per heavy atom. The molecule has 3 aromatic rings. The highest BCUT2D eigenvalue weighted by atomic mass is 16.5. The highest BCUT2D eigenvalue weighted by Gasteiger charge is 2.21. The lowest BCUT2D eigenvalue weighted by Gasteiger charge is -2.17. The molecule has 0 unspecified atom stereocenters. The molecule has 0 bridgehead atoms. The molecular weight excluding hydrogens is 358 g/mol. The van der Waals surface area contributed by atoms with Crippen molar-refractivity contribution in [2.24, 2.45) is 4.99 Å². The summed E-state index contributed by atoms with van der Waals surface area (Å²) in [7, 11) is 0. The zero-order chi connectivity index (χ0) is 19.8. The molecule has 0 aliphatic carbocycles. The Kier molecular flexibility index (Phi) is 4.53. The van der Waals surface area contributed by atoms with Gasteiger partial charge in [0.25, 0.3) is 5.56 Å². The summed E-state index contributed by atoms with van der Waals surface area (Å²) >= 11 is 0. The van der Waals surface area contributed by atoms with Crippen LogP contribution in [0.3, 0.4) is 0 Å². The number of pyridine rings is 2. The van der Waals surface area contributed by atoms with Gasteiger partial charge in [-0.3, -0.25) is 14.0 Å². The molecule has 1 aliphatic heterocycles. The first-order chi connectivity index (χ1) is 13.5. The van der Waals surface area contributed by atoms with Crippen LogP contribution in [-0.2, 0) is 16.1 Å². The SMILES string of the molecule is CC(=O)N=c1c(C#N)cc2c(=O)n3cccc(C)c3nc2n1C[C@H]1CCCO1. The third-order valence-corrected chi connectivity index (χ3v) is 4.90. The predicted molar refractivity (Wildman–Crippen MR) is 102 cm³/mol. The fourth-order valence-corrected chi connectivity index (χ4v) is 3.60. The summed E-state index contributed by atoms with van der Waals surface area (Å²) in [5, 5.41) is 9.93. The molecule has 1 amide bonds. The van der Waals surface area contributed by atoms with Crippen molar-refractivity contribution in [3.63, 3.8) is 0 Å². The van der Waals surface area contributed by atoms with Crippen LogP contribution in [0.2, 0.25) is 0 Å². The van der Waals surface area contributed by atoms with E-state index in [1.165, 1.54) is 17.4 Å². The Labute approximate surface area is 160 Å². The minimum atomic E-state index is -0.425. The highest BCUT2D eigenvalue weighted by Crippen LogP contribution is 2.17. The summed E-state index contributed by atoms with van der Waals surface area (Å²) in [4.78, 5) is 33.6. The topological polar surface area (TPSA) is 102 Å². The molecular formula is C20H19N5O3. The standard InChI is InChI=1S/C20H19N5O3/c1-12-5-3-7-24-17(12)23-19-16(20(24)27)9-14(10-21)18(22-13(2)26)25(19)11-15-6-4-8-28-15/h3,5,7,9,15H,4,6,8,11H2,1-2H3/t15-/m1/s1. The van der Waals surface area contributed by atoms with Crippen LogP contribution in [0, 0.1) is 18.3 Å². The van der Waals surface area contributed by atoms with Crippen LogP contribution in [0.15, 0.2) is 34.2 Å². The molecule has 0 aromatic carbocycles. The van der Waals surface area contributed by atoms with E-state index in [-0.39, 0.29) is 22.7 Å². The molecule has 28 heavy (non-hydrogen) atoms. The van der Waals surface area contributed by atoms with Crippen LogP contribution in [0.1, 0.15) is 30.9 Å². The van der Waals surface area contributed by atoms with Gasteiger partial charge in [0.05, 0.1) is 23.6 Å². The van der Waals surface area contributed by atoms with Gasteiger partial charge in [0, 0.05) is 19.7 Å². The van der Waals surface area contributed by atoms with E-state index >= 15 is 0 Å². The monoisotopic (exact) mass is 377 g/mol. The number of nitrogens with zero attached hydrogens (tertiary/aromatic N) is 5. The fraction of sp³-hybridized carbons (Fsp3) is 0.350. The van der Waals surface area contributed by atoms with Crippen molar-refractivity contribution in [1.29, 1.82) is 5.26 Å². The summed E-state index contributed by atoms with van der Waals surface area (Å²) in [6, 6.07) is 7.18. The van der Waals surface area contributed by atoms with Crippen LogP contribution < -0.4 is 11.0 Å². The van der Waals surface area contributed by atoms with Gasteiger partial charge in [0.15, 0.2) is 5.49 Å². The van der Waals surface area contributed by atoms with Gasteiger partial charge in [-0.05, 0) is 37.5 Å².